The standard InChI is InChI=1S/C16H25NO2/c1-15(2,3)11-16(4,5)12-6-8-13(9-7-12)19-10-14(17)18/h6-9H,10-11H2,1-5H3,(H2,17,18). The molecule has 0 aromatic heterocycles. The topological polar surface area (TPSA) is 52.3 Å². The normalized spacial score (nSPS) is 12.3. The van der Waals surface area contributed by atoms with Crippen LogP contribution in [0.2, 0.25) is 0 Å². The number of nitrogens with two attached hydrogens (primary N) is 1. The molecule has 1 rings (SSSR count). The average molecular weight is 263 g/mol. The fraction of sp³-hybridized carbons (Fsp3) is 0.562. The number of benzene rings is 1. The van der Waals surface area contributed by atoms with E-state index in [1.54, 1.807) is 0 Å². The Morgan fingerprint density at radius 1 is 1.11 bits per heavy atom. The van der Waals surface area contributed by atoms with Gasteiger partial charge < -0.3 is 10.5 Å². The maximum absolute atomic E-state index is 10.7. The summed E-state index contributed by atoms with van der Waals surface area (Å²) in [7, 11) is 0. The second kappa shape index (κ2) is 5.64. The van der Waals surface area contributed by atoms with E-state index in [9.17, 15) is 4.79 Å². The van der Waals surface area contributed by atoms with E-state index < -0.39 is 5.91 Å². The molecule has 106 valence electrons. The lowest BCUT2D eigenvalue weighted by atomic mass is 9.72. The van der Waals surface area contributed by atoms with E-state index in [4.69, 9.17) is 10.5 Å². The number of primary amides is 1. The van der Waals surface area contributed by atoms with Crippen LogP contribution < -0.4 is 10.5 Å². The van der Waals surface area contributed by atoms with Crippen LogP contribution in [0.1, 0.15) is 46.6 Å². The van der Waals surface area contributed by atoms with Gasteiger partial charge in [-0.05, 0) is 34.9 Å². The molecule has 0 aliphatic rings. The van der Waals surface area contributed by atoms with Gasteiger partial charge in [0.1, 0.15) is 5.75 Å². The van der Waals surface area contributed by atoms with Gasteiger partial charge in [0, 0.05) is 0 Å². The number of amides is 1. The third kappa shape index (κ3) is 5.33. The molecule has 0 aliphatic carbocycles. The summed E-state index contributed by atoms with van der Waals surface area (Å²) in [6.07, 6.45) is 1.10. The highest BCUT2D eigenvalue weighted by atomic mass is 16.5. The van der Waals surface area contributed by atoms with Crippen molar-refractivity contribution in [3.05, 3.63) is 29.8 Å². The van der Waals surface area contributed by atoms with E-state index in [2.05, 4.69) is 46.8 Å². The first-order valence-electron chi connectivity index (χ1n) is 6.62. The Kier molecular flexibility index (Phi) is 4.61. The summed E-state index contributed by atoms with van der Waals surface area (Å²) in [5, 5.41) is 0. The van der Waals surface area contributed by atoms with E-state index in [1.165, 1.54) is 5.56 Å². The first-order chi connectivity index (χ1) is 8.60. The molecule has 0 radical (unpaired) electrons. The maximum atomic E-state index is 10.7. The van der Waals surface area contributed by atoms with Crippen LogP contribution in [0.5, 0.6) is 5.75 Å². The summed E-state index contributed by atoms with van der Waals surface area (Å²) in [5.41, 5.74) is 6.71. The lowest BCUT2D eigenvalue weighted by Crippen LogP contribution is -2.24. The summed E-state index contributed by atoms with van der Waals surface area (Å²) in [5.74, 6) is 0.214. The van der Waals surface area contributed by atoms with Crippen LogP contribution in [-0.4, -0.2) is 12.5 Å². The van der Waals surface area contributed by atoms with Gasteiger partial charge in [0.15, 0.2) is 6.61 Å². The van der Waals surface area contributed by atoms with Crippen LogP contribution in [0.3, 0.4) is 0 Å². The van der Waals surface area contributed by atoms with E-state index in [0.717, 1.165) is 6.42 Å². The number of ether oxygens (including phenoxy) is 1. The predicted molar refractivity (Wildman–Crippen MR) is 78.2 cm³/mol. The Morgan fingerprint density at radius 2 is 1.63 bits per heavy atom. The van der Waals surface area contributed by atoms with Gasteiger partial charge in [-0.3, -0.25) is 4.79 Å². The van der Waals surface area contributed by atoms with Crippen molar-refractivity contribution in [3.63, 3.8) is 0 Å². The van der Waals surface area contributed by atoms with Crippen molar-refractivity contribution in [3.8, 4) is 5.75 Å². The Labute approximate surface area is 116 Å². The van der Waals surface area contributed by atoms with Gasteiger partial charge in [-0.25, -0.2) is 0 Å². The summed E-state index contributed by atoms with van der Waals surface area (Å²) in [6, 6.07) is 7.90. The monoisotopic (exact) mass is 263 g/mol. The summed E-state index contributed by atoms with van der Waals surface area (Å²) < 4.78 is 5.26. The molecular weight excluding hydrogens is 238 g/mol. The van der Waals surface area contributed by atoms with Crippen molar-refractivity contribution >= 4 is 5.91 Å². The third-order valence-corrected chi connectivity index (χ3v) is 2.99. The first kappa shape index (κ1) is 15.5. The molecule has 0 spiro atoms. The molecule has 1 amide bonds. The molecular formula is C16H25NO2. The van der Waals surface area contributed by atoms with Crippen LogP contribution in [0.4, 0.5) is 0 Å². The van der Waals surface area contributed by atoms with Crippen molar-refractivity contribution in [1.82, 2.24) is 0 Å². The van der Waals surface area contributed by atoms with Crippen molar-refractivity contribution in [2.75, 3.05) is 6.61 Å². The molecule has 0 bridgehead atoms. The fourth-order valence-electron chi connectivity index (χ4n) is 2.58. The SMILES string of the molecule is CC(C)(C)CC(C)(C)c1ccc(OCC(N)=O)cc1. The predicted octanol–water partition coefficient (Wildman–Crippen LogP) is 3.26. The molecule has 19 heavy (non-hydrogen) atoms. The summed E-state index contributed by atoms with van der Waals surface area (Å²) in [4.78, 5) is 10.7. The van der Waals surface area contributed by atoms with Gasteiger partial charge in [-0.2, -0.15) is 0 Å². The Hall–Kier alpha value is -1.51. The molecule has 3 heteroatoms. The lowest BCUT2D eigenvalue weighted by molar-refractivity contribution is -0.119. The highest BCUT2D eigenvalue weighted by Crippen LogP contribution is 2.36. The smallest absolute Gasteiger partial charge is 0.255 e. The molecule has 0 atom stereocenters. The molecule has 0 saturated heterocycles. The second-order valence-corrected chi connectivity index (χ2v) is 6.90. The van der Waals surface area contributed by atoms with Crippen molar-refractivity contribution < 1.29 is 9.53 Å². The van der Waals surface area contributed by atoms with Gasteiger partial charge in [-0.15, -0.1) is 0 Å². The van der Waals surface area contributed by atoms with Crippen LogP contribution >= 0.6 is 0 Å². The van der Waals surface area contributed by atoms with Gasteiger partial charge in [0.2, 0.25) is 0 Å². The summed E-state index contributed by atoms with van der Waals surface area (Å²) >= 11 is 0. The van der Waals surface area contributed by atoms with Crippen molar-refractivity contribution in [1.29, 1.82) is 0 Å². The van der Waals surface area contributed by atoms with Crippen LogP contribution in [-0.2, 0) is 10.2 Å². The highest BCUT2D eigenvalue weighted by molar-refractivity contribution is 5.75. The van der Waals surface area contributed by atoms with Gasteiger partial charge in [-0.1, -0.05) is 46.8 Å². The lowest BCUT2D eigenvalue weighted by Gasteiger charge is -2.33. The third-order valence-electron chi connectivity index (χ3n) is 2.99. The minimum Gasteiger partial charge on any atom is -0.484 e. The number of hydrogen-bond donors (Lipinski definition) is 1. The molecule has 0 aliphatic heterocycles. The Balaban J connectivity index is 2.77. The van der Waals surface area contributed by atoms with Crippen LogP contribution in [0.25, 0.3) is 0 Å². The maximum Gasteiger partial charge on any atom is 0.255 e. The van der Waals surface area contributed by atoms with E-state index in [1.807, 2.05) is 12.1 Å². The number of hydrogen-bond acceptors (Lipinski definition) is 2. The zero-order valence-electron chi connectivity index (χ0n) is 12.6. The molecule has 1 aromatic rings. The molecule has 2 N–H and O–H groups in total. The Morgan fingerprint density at radius 3 is 2.05 bits per heavy atom. The van der Waals surface area contributed by atoms with E-state index in [0.29, 0.717) is 5.75 Å². The molecule has 0 fully saturated rings. The van der Waals surface area contributed by atoms with E-state index in [-0.39, 0.29) is 17.4 Å². The molecule has 0 saturated carbocycles. The van der Waals surface area contributed by atoms with Crippen LogP contribution in [0.15, 0.2) is 24.3 Å². The number of rotatable bonds is 5. The minimum absolute atomic E-state index is 0.0786. The number of carbonyl (C=O) groups excluding carboxylic acids is 1. The second-order valence-electron chi connectivity index (χ2n) is 6.90. The average Bonchev–Trinajstić information content (AvgIpc) is 2.23. The molecule has 0 unspecified atom stereocenters. The Bertz CT molecular complexity index is 427. The fourth-order valence-corrected chi connectivity index (χ4v) is 2.58. The molecule has 1 aromatic carbocycles. The zero-order valence-corrected chi connectivity index (χ0v) is 12.6. The first-order valence-corrected chi connectivity index (χ1v) is 6.62. The quantitative estimate of drug-likeness (QED) is 0.886. The van der Waals surface area contributed by atoms with Crippen LogP contribution in [0, 0.1) is 5.41 Å². The van der Waals surface area contributed by atoms with Crippen molar-refractivity contribution in [2.45, 2.75) is 46.5 Å². The largest absolute Gasteiger partial charge is 0.484 e. The molecule has 3 nitrogen and oxygen atoms in total. The van der Waals surface area contributed by atoms with Gasteiger partial charge in [0.25, 0.3) is 5.91 Å². The molecule has 0 heterocycles. The summed E-state index contributed by atoms with van der Waals surface area (Å²) in [6.45, 7) is 11.2. The minimum atomic E-state index is -0.461. The highest BCUT2D eigenvalue weighted by Gasteiger charge is 2.27. The number of carbonyl (C=O) groups is 1. The van der Waals surface area contributed by atoms with Gasteiger partial charge >= 0.3 is 0 Å². The zero-order chi connectivity index (χ0) is 14.7. The van der Waals surface area contributed by atoms with Gasteiger partial charge in [0.05, 0.1) is 0 Å². The van der Waals surface area contributed by atoms with Crippen molar-refractivity contribution in [2.24, 2.45) is 11.1 Å². The van der Waals surface area contributed by atoms with E-state index >= 15 is 0 Å².